The Bertz CT molecular complexity index is 110. The van der Waals surface area contributed by atoms with Crippen molar-refractivity contribution in [3.05, 3.63) is 22.8 Å². The molecule has 1 unspecified atom stereocenters. The van der Waals surface area contributed by atoms with E-state index in [0.717, 1.165) is 12.8 Å². The largest absolute Gasteiger partial charge is 0.393 e. The van der Waals surface area contributed by atoms with Gasteiger partial charge in [-0.25, -0.2) is 0 Å². The Morgan fingerprint density at radius 3 is 2.80 bits per heavy atom. The third-order valence-corrected chi connectivity index (χ3v) is 1.70. The maximum absolute atomic E-state index is 9.17. The van der Waals surface area contributed by atoms with Crippen LogP contribution in [-0.2, 0) is 0 Å². The van der Waals surface area contributed by atoms with Crippen LogP contribution in [0.15, 0.2) is 22.8 Å². The minimum absolute atomic E-state index is 0.204. The van der Waals surface area contributed by atoms with Gasteiger partial charge in [0.1, 0.15) is 0 Å². The lowest BCUT2D eigenvalue weighted by molar-refractivity contribution is 0.169. The minimum atomic E-state index is -0.204. The summed E-state index contributed by atoms with van der Waals surface area (Å²) in [7, 11) is 0. The van der Waals surface area contributed by atoms with E-state index in [1.54, 1.807) is 6.08 Å². The van der Waals surface area contributed by atoms with Crippen molar-refractivity contribution in [3.63, 3.8) is 0 Å². The summed E-state index contributed by atoms with van der Waals surface area (Å²) in [5.74, 6) is 0. The van der Waals surface area contributed by atoms with E-state index < -0.39 is 0 Å². The van der Waals surface area contributed by atoms with Crippen LogP contribution in [0.1, 0.15) is 19.3 Å². The van der Waals surface area contributed by atoms with E-state index in [0.29, 0.717) is 6.42 Å². The first kappa shape index (κ1) is 10.2. The number of aliphatic hydroxyl groups excluding tert-OH is 1. The zero-order valence-corrected chi connectivity index (χ0v) is 8.12. The van der Waals surface area contributed by atoms with Crippen LogP contribution in [0.5, 0.6) is 0 Å². The Morgan fingerprint density at radius 1 is 1.60 bits per heavy atom. The Kier molecular flexibility index (Phi) is 7.40. The molecule has 0 rings (SSSR count). The van der Waals surface area contributed by atoms with Gasteiger partial charge in [-0.15, -0.1) is 6.58 Å². The summed E-state index contributed by atoms with van der Waals surface area (Å²) in [5, 5.41) is 9.17. The van der Waals surface area contributed by atoms with Gasteiger partial charge in [0.2, 0.25) is 0 Å². The molecule has 0 amide bonds. The van der Waals surface area contributed by atoms with Gasteiger partial charge in [0.05, 0.1) is 6.10 Å². The molecule has 10 heavy (non-hydrogen) atoms. The lowest BCUT2D eigenvalue weighted by Crippen LogP contribution is -2.02. The number of hydrogen-bond acceptors (Lipinski definition) is 1. The Morgan fingerprint density at radius 2 is 2.30 bits per heavy atom. The summed E-state index contributed by atoms with van der Waals surface area (Å²) in [5.41, 5.74) is 0. The predicted molar refractivity (Wildman–Crippen MR) is 53.2 cm³/mol. The highest BCUT2D eigenvalue weighted by molar-refractivity contribution is 14.1. The molecule has 0 spiro atoms. The van der Waals surface area contributed by atoms with Gasteiger partial charge in [0, 0.05) is 0 Å². The zero-order chi connectivity index (χ0) is 7.82. The molecule has 0 heterocycles. The fourth-order valence-electron chi connectivity index (χ4n) is 0.662. The Balaban J connectivity index is 3.20. The second kappa shape index (κ2) is 7.28. The average Bonchev–Trinajstić information content (AvgIpc) is 1.89. The third kappa shape index (κ3) is 6.29. The summed E-state index contributed by atoms with van der Waals surface area (Å²) >= 11 is 2.17. The third-order valence-electron chi connectivity index (χ3n) is 1.19. The molecule has 0 aliphatic rings. The fourth-order valence-corrected chi connectivity index (χ4v) is 1.02. The summed E-state index contributed by atoms with van der Waals surface area (Å²) in [6.07, 6.45) is 6.09. The molecule has 0 saturated carbocycles. The van der Waals surface area contributed by atoms with Crippen molar-refractivity contribution < 1.29 is 5.11 Å². The molecule has 58 valence electrons. The van der Waals surface area contributed by atoms with E-state index >= 15 is 0 Å². The monoisotopic (exact) mass is 252 g/mol. The van der Waals surface area contributed by atoms with Gasteiger partial charge in [0.15, 0.2) is 0 Å². The van der Waals surface area contributed by atoms with E-state index in [1.807, 2.05) is 10.2 Å². The molecule has 1 atom stereocenters. The van der Waals surface area contributed by atoms with E-state index in [9.17, 15) is 0 Å². The zero-order valence-electron chi connectivity index (χ0n) is 5.96. The second-order valence-corrected chi connectivity index (χ2v) is 2.84. The molecule has 0 aliphatic carbocycles. The van der Waals surface area contributed by atoms with E-state index in [2.05, 4.69) is 29.2 Å². The highest BCUT2D eigenvalue weighted by Crippen LogP contribution is 2.03. The van der Waals surface area contributed by atoms with Crippen molar-refractivity contribution in [3.8, 4) is 0 Å². The smallest absolute Gasteiger partial charge is 0.0577 e. The number of hydrogen-bond donors (Lipinski definition) is 1. The quantitative estimate of drug-likeness (QED) is 0.589. The van der Waals surface area contributed by atoms with Crippen LogP contribution < -0.4 is 0 Å². The normalized spacial score (nSPS) is 13.8. The highest BCUT2D eigenvalue weighted by atomic mass is 127. The van der Waals surface area contributed by atoms with Crippen LogP contribution in [0.4, 0.5) is 0 Å². The molecule has 0 saturated heterocycles. The van der Waals surface area contributed by atoms with Crippen molar-refractivity contribution in [2.45, 2.75) is 25.4 Å². The van der Waals surface area contributed by atoms with Gasteiger partial charge in [-0.05, 0) is 23.3 Å². The molecular weight excluding hydrogens is 239 g/mol. The maximum atomic E-state index is 9.17. The van der Waals surface area contributed by atoms with E-state index in [1.165, 1.54) is 0 Å². The first-order valence-corrected chi connectivity index (χ1v) is 4.60. The average molecular weight is 252 g/mol. The van der Waals surface area contributed by atoms with Crippen molar-refractivity contribution in [1.29, 1.82) is 0 Å². The van der Waals surface area contributed by atoms with Gasteiger partial charge in [-0.1, -0.05) is 34.7 Å². The van der Waals surface area contributed by atoms with Crippen LogP contribution in [0.25, 0.3) is 0 Å². The Hall–Kier alpha value is 0.170. The number of halogens is 1. The first-order chi connectivity index (χ1) is 4.81. The number of aliphatic hydroxyl groups is 1. The molecule has 0 radical (unpaired) electrons. The topological polar surface area (TPSA) is 20.2 Å². The molecule has 0 bridgehead atoms. The van der Waals surface area contributed by atoms with Crippen LogP contribution in [-0.4, -0.2) is 11.2 Å². The molecule has 0 aromatic carbocycles. The fraction of sp³-hybridized carbons (Fsp3) is 0.500. The summed E-state index contributed by atoms with van der Waals surface area (Å²) < 4.78 is 1.97. The molecule has 0 aliphatic heterocycles. The van der Waals surface area contributed by atoms with Gasteiger partial charge in [-0.3, -0.25) is 0 Å². The van der Waals surface area contributed by atoms with Gasteiger partial charge < -0.3 is 5.11 Å². The second-order valence-electron chi connectivity index (χ2n) is 2.12. The maximum Gasteiger partial charge on any atom is 0.0577 e. The highest BCUT2D eigenvalue weighted by Gasteiger charge is 1.97. The van der Waals surface area contributed by atoms with Gasteiger partial charge in [0.25, 0.3) is 0 Å². The van der Waals surface area contributed by atoms with Crippen molar-refractivity contribution in [1.82, 2.24) is 0 Å². The first-order valence-electron chi connectivity index (χ1n) is 3.35. The lowest BCUT2D eigenvalue weighted by atomic mass is 10.1. The molecule has 0 fully saturated rings. The van der Waals surface area contributed by atoms with E-state index in [4.69, 9.17) is 5.11 Å². The van der Waals surface area contributed by atoms with Crippen molar-refractivity contribution in [2.24, 2.45) is 0 Å². The van der Waals surface area contributed by atoms with E-state index in [-0.39, 0.29) is 6.10 Å². The molecule has 1 nitrogen and oxygen atoms in total. The SMILES string of the molecule is C=CCC(O)CC/C=C\I. The van der Waals surface area contributed by atoms with Gasteiger partial charge >= 0.3 is 0 Å². The standard InChI is InChI=1S/C8H13IO/c1-2-5-8(10)6-3-4-7-9/h2,4,7-8,10H,1,3,5-6H2/b7-4-. The number of allylic oxidation sites excluding steroid dienone is 1. The summed E-state index contributed by atoms with van der Waals surface area (Å²) in [4.78, 5) is 0. The number of rotatable bonds is 5. The molecule has 0 aromatic heterocycles. The molecular formula is C8H13IO. The van der Waals surface area contributed by atoms with Crippen LogP contribution in [0.2, 0.25) is 0 Å². The van der Waals surface area contributed by atoms with Gasteiger partial charge in [-0.2, -0.15) is 0 Å². The van der Waals surface area contributed by atoms with Crippen molar-refractivity contribution >= 4 is 22.6 Å². The summed E-state index contributed by atoms with van der Waals surface area (Å²) in [6, 6.07) is 0. The van der Waals surface area contributed by atoms with Crippen LogP contribution >= 0.6 is 22.6 Å². The lowest BCUT2D eigenvalue weighted by Gasteiger charge is -2.03. The Labute approximate surface area is 76.0 Å². The predicted octanol–water partition coefficient (Wildman–Crippen LogP) is 2.65. The molecule has 0 aromatic rings. The van der Waals surface area contributed by atoms with Crippen LogP contribution in [0, 0.1) is 0 Å². The summed E-state index contributed by atoms with van der Waals surface area (Å²) in [6.45, 7) is 3.55. The van der Waals surface area contributed by atoms with Crippen molar-refractivity contribution in [2.75, 3.05) is 0 Å². The minimum Gasteiger partial charge on any atom is -0.393 e. The van der Waals surface area contributed by atoms with Crippen LogP contribution in [0.3, 0.4) is 0 Å². The molecule has 1 N–H and O–H groups in total. The molecule has 2 heteroatoms.